The van der Waals surface area contributed by atoms with Crippen LogP contribution in [0.25, 0.3) is 0 Å². The Kier molecular flexibility index (Phi) is 5.02. The molecular formula is C21H25N3O2S. The van der Waals surface area contributed by atoms with Crippen LogP contribution in [-0.2, 0) is 24.1 Å². The SMILES string of the molecule is CN(CC(=O)Nc1sc2c(c1C(N)=O)CCC2)[C@H]1CCCc2ccccc21. The number of carbonyl (C=O) groups is 2. The first kappa shape index (κ1) is 18.2. The lowest BCUT2D eigenvalue weighted by Crippen LogP contribution is -2.35. The summed E-state index contributed by atoms with van der Waals surface area (Å²) in [6, 6.07) is 8.75. The molecule has 1 atom stereocenters. The Morgan fingerprint density at radius 1 is 1.22 bits per heavy atom. The summed E-state index contributed by atoms with van der Waals surface area (Å²) in [5, 5.41) is 3.57. The van der Waals surface area contributed by atoms with E-state index in [1.54, 1.807) is 0 Å². The Balaban J connectivity index is 1.47. The lowest BCUT2D eigenvalue weighted by Gasteiger charge is -2.32. The van der Waals surface area contributed by atoms with E-state index in [0.717, 1.165) is 44.1 Å². The average molecular weight is 384 g/mol. The topological polar surface area (TPSA) is 75.4 Å². The van der Waals surface area contributed by atoms with Gasteiger partial charge in [0.2, 0.25) is 5.91 Å². The third-order valence-electron chi connectivity index (χ3n) is 5.68. The number of rotatable bonds is 5. The van der Waals surface area contributed by atoms with Crippen LogP contribution in [0.1, 0.15) is 57.2 Å². The molecular weight excluding hydrogens is 358 g/mol. The number of fused-ring (bicyclic) bond motifs is 2. The van der Waals surface area contributed by atoms with Crippen LogP contribution in [0, 0.1) is 0 Å². The van der Waals surface area contributed by atoms with Crippen molar-refractivity contribution >= 4 is 28.2 Å². The molecule has 6 heteroatoms. The number of aryl methyl sites for hydroxylation is 2. The second kappa shape index (κ2) is 7.44. The first-order valence-corrected chi connectivity index (χ1v) is 10.4. The van der Waals surface area contributed by atoms with Gasteiger partial charge in [-0.3, -0.25) is 14.5 Å². The molecule has 3 N–H and O–H groups in total. The van der Waals surface area contributed by atoms with E-state index in [0.29, 0.717) is 17.1 Å². The summed E-state index contributed by atoms with van der Waals surface area (Å²) in [6.45, 7) is 0.291. The van der Waals surface area contributed by atoms with Gasteiger partial charge in [0.25, 0.3) is 5.91 Å². The van der Waals surface area contributed by atoms with Crippen LogP contribution < -0.4 is 11.1 Å². The standard InChI is InChI=1S/C21H25N3O2S/c1-24(16-10-4-7-13-6-2-3-8-14(13)16)12-18(25)23-21-19(20(22)26)15-9-5-11-17(15)27-21/h2-3,6,8,16H,4-5,7,9-12H2,1H3,(H2,22,26)(H,23,25)/t16-/m0/s1. The Labute approximate surface area is 163 Å². The first-order valence-electron chi connectivity index (χ1n) is 9.57. The highest BCUT2D eigenvalue weighted by atomic mass is 32.1. The molecule has 1 aromatic carbocycles. The number of nitrogens with two attached hydrogens (primary N) is 1. The Hall–Kier alpha value is -2.18. The van der Waals surface area contributed by atoms with Gasteiger partial charge in [-0.15, -0.1) is 11.3 Å². The Morgan fingerprint density at radius 2 is 2.04 bits per heavy atom. The molecule has 27 heavy (non-hydrogen) atoms. The average Bonchev–Trinajstić information content (AvgIpc) is 3.21. The largest absolute Gasteiger partial charge is 0.365 e. The summed E-state index contributed by atoms with van der Waals surface area (Å²) in [6.07, 6.45) is 6.19. The molecule has 4 rings (SSSR count). The Bertz CT molecular complexity index is 890. The number of likely N-dealkylation sites (N-methyl/N-ethyl adjacent to an activating group) is 1. The van der Waals surface area contributed by atoms with Gasteiger partial charge in [0, 0.05) is 10.9 Å². The van der Waals surface area contributed by atoms with Crippen molar-refractivity contribution in [1.82, 2.24) is 4.90 Å². The molecule has 2 amide bonds. The van der Waals surface area contributed by atoms with Crippen LogP contribution in [0.15, 0.2) is 24.3 Å². The highest BCUT2D eigenvalue weighted by Crippen LogP contribution is 2.39. The monoisotopic (exact) mass is 383 g/mol. The van der Waals surface area contributed by atoms with Crippen LogP contribution in [-0.4, -0.2) is 30.3 Å². The third-order valence-corrected chi connectivity index (χ3v) is 6.89. The predicted molar refractivity (Wildman–Crippen MR) is 108 cm³/mol. The van der Waals surface area contributed by atoms with E-state index in [9.17, 15) is 9.59 Å². The second-order valence-corrected chi connectivity index (χ2v) is 8.60. The van der Waals surface area contributed by atoms with Crippen LogP contribution in [0.4, 0.5) is 5.00 Å². The Morgan fingerprint density at radius 3 is 2.85 bits per heavy atom. The van der Waals surface area contributed by atoms with Gasteiger partial charge in [-0.1, -0.05) is 24.3 Å². The summed E-state index contributed by atoms with van der Waals surface area (Å²) >= 11 is 1.51. The summed E-state index contributed by atoms with van der Waals surface area (Å²) in [4.78, 5) is 27.9. The van der Waals surface area contributed by atoms with Crippen molar-refractivity contribution in [2.24, 2.45) is 5.73 Å². The molecule has 0 aliphatic heterocycles. The molecule has 0 unspecified atom stereocenters. The van der Waals surface area contributed by atoms with Gasteiger partial charge < -0.3 is 11.1 Å². The van der Waals surface area contributed by atoms with Gasteiger partial charge in [-0.05, 0) is 62.3 Å². The molecule has 5 nitrogen and oxygen atoms in total. The van der Waals surface area contributed by atoms with Crippen LogP contribution >= 0.6 is 11.3 Å². The summed E-state index contributed by atoms with van der Waals surface area (Å²) in [7, 11) is 2.00. The van der Waals surface area contributed by atoms with Gasteiger partial charge in [0.15, 0.2) is 0 Å². The van der Waals surface area contributed by atoms with E-state index >= 15 is 0 Å². The highest BCUT2D eigenvalue weighted by molar-refractivity contribution is 7.17. The summed E-state index contributed by atoms with van der Waals surface area (Å²) in [5.74, 6) is -0.540. The lowest BCUT2D eigenvalue weighted by molar-refractivity contribution is -0.117. The fourth-order valence-electron chi connectivity index (χ4n) is 4.44. The molecule has 0 radical (unpaired) electrons. The maximum Gasteiger partial charge on any atom is 0.251 e. The van der Waals surface area contributed by atoms with Crippen LogP contribution in [0.3, 0.4) is 0 Å². The quantitative estimate of drug-likeness (QED) is 0.832. The number of nitrogens with one attached hydrogen (secondary N) is 1. The minimum absolute atomic E-state index is 0.0945. The van der Waals surface area contributed by atoms with Crippen molar-refractivity contribution in [3.8, 4) is 0 Å². The zero-order valence-electron chi connectivity index (χ0n) is 15.6. The van der Waals surface area contributed by atoms with E-state index in [2.05, 4.69) is 34.5 Å². The van der Waals surface area contributed by atoms with E-state index in [-0.39, 0.29) is 11.9 Å². The minimum Gasteiger partial charge on any atom is -0.365 e. The minimum atomic E-state index is -0.445. The van der Waals surface area contributed by atoms with Crippen molar-refractivity contribution in [3.63, 3.8) is 0 Å². The van der Waals surface area contributed by atoms with E-state index in [1.807, 2.05) is 7.05 Å². The number of primary amides is 1. The number of nitrogens with zero attached hydrogens (tertiary/aromatic N) is 1. The number of thiophene rings is 1. The molecule has 0 bridgehead atoms. The number of amides is 2. The van der Waals surface area contributed by atoms with E-state index in [1.165, 1.54) is 27.3 Å². The third kappa shape index (κ3) is 3.51. The zero-order chi connectivity index (χ0) is 19.0. The van der Waals surface area contributed by atoms with Crippen molar-refractivity contribution in [2.75, 3.05) is 18.9 Å². The molecule has 2 aliphatic rings. The second-order valence-electron chi connectivity index (χ2n) is 7.50. The molecule has 0 saturated carbocycles. The first-order chi connectivity index (χ1) is 13.0. The lowest BCUT2D eigenvalue weighted by atomic mass is 9.87. The number of carbonyl (C=O) groups excluding carboxylic acids is 2. The van der Waals surface area contributed by atoms with Gasteiger partial charge in [-0.25, -0.2) is 0 Å². The molecule has 1 heterocycles. The van der Waals surface area contributed by atoms with Gasteiger partial charge in [0.1, 0.15) is 5.00 Å². The molecule has 1 aromatic heterocycles. The highest BCUT2D eigenvalue weighted by Gasteiger charge is 2.28. The molecule has 0 fully saturated rings. The fraction of sp³-hybridized carbons (Fsp3) is 0.429. The van der Waals surface area contributed by atoms with Crippen molar-refractivity contribution in [3.05, 3.63) is 51.4 Å². The molecule has 2 aliphatic carbocycles. The number of benzene rings is 1. The summed E-state index contributed by atoms with van der Waals surface area (Å²) < 4.78 is 0. The van der Waals surface area contributed by atoms with Crippen LogP contribution in [0.5, 0.6) is 0 Å². The number of hydrogen-bond acceptors (Lipinski definition) is 4. The normalized spacial score (nSPS) is 18.2. The number of hydrogen-bond donors (Lipinski definition) is 2. The maximum atomic E-state index is 12.7. The van der Waals surface area contributed by atoms with Crippen LogP contribution in [0.2, 0.25) is 0 Å². The molecule has 0 spiro atoms. The van der Waals surface area contributed by atoms with Crippen molar-refractivity contribution in [1.29, 1.82) is 0 Å². The van der Waals surface area contributed by atoms with Crippen molar-refractivity contribution in [2.45, 2.75) is 44.6 Å². The predicted octanol–water partition coefficient (Wildman–Crippen LogP) is 3.28. The zero-order valence-corrected chi connectivity index (χ0v) is 16.4. The van der Waals surface area contributed by atoms with E-state index in [4.69, 9.17) is 5.73 Å². The van der Waals surface area contributed by atoms with Gasteiger partial charge >= 0.3 is 0 Å². The van der Waals surface area contributed by atoms with Crippen molar-refractivity contribution < 1.29 is 9.59 Å². The summed E-state index contributed by atoms with van der Waals surface area (Å²) in [5.41, 5.74) is 9.85. The molecule has 0 saturated heterocycles. The number of anilines is 1. The van der Waals surface area contributed by atoms with E-state index < -0.39 is 5.91 Å². The fourth-order valence-corrected chi connectivity index (χ4v) is 5.75. The molecule has 142 valence electrons. The smallest absolute Gasteiger partial charge is 0.251 e. The van der Waals surface area contributed by atoms with Gasteiger partial charge in [-0.2, -0.15) is 0 Å². The molecule has 2 aromatic rings. The maximum absolute atomic E-state index is 12.7. The van der Waals surface area contributed by atoms with Gasteiger partial charge in [0.05, 0.1) is 12.1 Å².